The zero-order chi connectivity index (χ0) is 19.6. The maximum Gasteiger partial charge on any atom is 0.225 e. The van der Waals surface area contributed by atoms with Crippen molar-refractivity contribution in [1.29, 1.82) is 0 Å². The van der Waals surface area contributed by atoms with E-state index in [2.05, 4.69) is 4.98 Å². The SMILES string of the molecule is COCCC(=O)N1CCCCCCOc2ccccc2Oc2ncccc2C1. The van der Waals surface area contributed by atoms with Crippen LogP contribution in [0.25, 0.3) is 0 Å². The zero-order valence-electron chi connectivity index (χ0n) is 16.4. The molecule has 3 rings (SSSR count). The Bertz CT molecular complexity index is 766. The molecular formula is C22H28N2O4. The number of nitrogens with zero attached hydrogens (tertiary/aromatic N) is 2. The van der Waals surface area contributed by atoms with Crippen LogP contribution >= 0.6 is 0 Å². The molecule has 0 saturated heterocycles. The van der Waals surface area contributed by atoms with Crippen LogP contribution in [0.15, 0.2) is 42.6 Å². The van der Waals surface area contributed by atoms with Crippen molar-refractivity contribution in [2.45, 2.75) is 38.6 Å². The molecule has 0 N–H and O–H groups in total. The Kier molecular flexibility index (Phi) is 7.67. The number of pyridine rings is 1. The first-order valence-corrected chi connectivity index (χ1v) is 9.88. The molecule has 150 valence electrons. The predicted molar refractivity (Wildman–Crippen MR) is 107 cm³/mol. The van der Waals surface area contributed by atoms with Crippen LogP contribution < -0.4 is 9.47 Å². The van der Waals surface area contributed by atoms with E-state index in [1.165, 1.54) is 0 Å². The summed E-state index contributed by atoms with van der Waals surface area (Å²) >= 11 is 0. The lowest BCUT2D eigenvalue weighted by atomic mass is 10.1. The van der Waals surface area contributed by atoms with Crippen molar-refractivity contribution in [2.75, 3.05) is 26.9 Å². The van der Waals surface area contributed by atoms with Gasteiger partial charge in [-0.15, -0.1) is 0 Å². The molecule has 0 aliphatic carbocycles. The fourth-order valence-corrected chi connectivity index (χ4v) is 3.18. The number of para-hydroxylation sites is 2. The minimum absolute atomic E-state index is 0.0903. The Balaban J connectivity index is 1.86. The molecule has 1 aromatic heterocycles. The van der Waals surface area contributed by atoms with Gasteiger partial charge in [0.2, 0.25) is 11.8 Å². The van der Waals surface area contributed by atoms with E-state index in [9.17, 15) is 4.79 Å². The Hall–Kier alpha value is -2.60. The van der Waals surface area contributed by atoms with Crippen molar-refractivity contribution in [1.82, 2.24) is 9.88 Å². The zero-order valence-corrected chi connectivity index (χ0v) is 16.4. The molecule has 6 heteroatoms. The van der Waals surface area contributed by atoms with Crippen molar-refractivity contribution < 1.29 is 19.0 Å². The van der Waals surface area contributed by atoms with Gasteiger partial charge < -0.3 is 19.1 Å². The van der Waals surface area contributed by atoms with Crippen LogP contribution in [0.5, 0.6) is 17.4 Å². The number of aromatic nitrogens is 1. The fraction of sp³-hybridized carbons (Fsp3) is 0.455. The molecule has 1 aliphatic rings. The van der Waals surface area contributed by atoms with Gasteiger partial charge in [0.05, 0.1) is 26.2 Å². The number of rotatable bonds is 3. The Morgan fingerprint density at radius 1 is 1.11 bits per heavy atom. The van der Waals surface area contributed by atoms with Gasteiger partial charge in [0.1, 0.15) is 0 Å². The van der Waals surface area contributed by atoms with E-state index in [4.69, 9.17) is 14.2 Å². The molecule has 0 bridgehead atoms. The Morgan fingerprint density at radius 2 is 1.93 bits per heavy atom. The van der Waals surface area contributed by atoms with Gasteiger partial charge in [0.25, 0.3) is 0 Å². The average Bonchev–Trinajstić information content (AvgIpc) is 2.72. The van der Waals surface area contributed by atoms with Crippen molar-refractivity contribution >= 4 is 5.91 Å². The predicted octanol–water partition coefficient (Wildman–Crippen LogP) is 4.19. The van der Waals surface area contributed by atoms with E-state index in [-0.39, 0.29) is 5.91 Å². The van der Waals surface area contributed by atoms with E-state index in [1.54, 1.807) is 13.3 Å². The number of carbonyl (C=O) groups is 1. The molecule has 0 fully saturated rings. The molecule has 1 amide bonds. The normalized spacial score (nSPS) is 15.4. The molecule has 2 aromatic rings. The lowest BCUT2D eigenvalue weighted by Crippen LogP contribution is -2.32. The minimum Gasteiger partial charge on any atom is -0.490 e. The van der Waals surface area contributed by atoms with Gasteiger partial charge in [-0.3, -0.25) is 4.79 Å². The van der Waals surface area contributed by atoms with Gasteiger partial charge >= 0.3 is 0 Å². The highest BCUT2D eigenvalue weighted by Crippen LogP contribution is 2.32. The number of hydrogen-bond donors (Lipinski definition) is 0. The molecule has 2 heterocycles. The molecule has 0 unspecified atom stereocenters. The number of amides is 1. The maximum absolute atomic E-state index is 12.7. The van der Waals surface area contributed by atoms with Gasteiger partial charge in [-0.1, -0.05) is 31.0 Å². The van der Waals surface area contributed by atoms with Crippen molar-refractivity contribution in [3.05, 3.63) is 48.2 Å². The molecule has 0 spiro atoms. The quantitative estimate of drug-likeness (QED) is 0.794. The highest BCUT2D eigenvalue weighted by molar-refractivity contribution is 5.76. The maximum atomic E-state index is 12.7. The second-order valence-corrected chi connectivity index (χ2v) is 6.84. The van der Waals surface area contributed by atoms with Crippen LogP contribution in [0.1, 0.15) is 37.7 Å². The number of hydrogen-bond acceptors (Lipinski definition) is 5. The van der Waals surface area contributed by atoms with Gasteiger partial charge in [-0.25, -0.2) is 4.98 Å². The summed E-state index contributed by atoms with van der Waals surface area (Å²) in [5.74, 6) is 1.94. The summed E-state index contributed by atoms with van der Waals surface area (Å²) in [6.07, 6.45) is 6.15. The van der Waals surface area contributed by atoms with Gasteiger partial charge in [0.15, 0.2) is 11.5 Å². The van der Waals surface area contributed by atoms with Crippen molar-refractivity contribution in [3.8, 4) is 17.4 Å². The van der Waals surface area contributed by atoms with Crippen LogP contribution in [-0.2, 0) is 16.1 Å². The van der Waals surface area contributed by atoms with Gasteiger partial charge in [-0.2, -0.15) is 0 Å². The first kappa shape index (κ1) is 20.1. The van der Waals surface area contributed by atoms with E-state index >= 15 is 0 Å². The van der Waals surface area contributed by atoms with Crippen molar-refractivity contribution in [3.63, 3.8) is 0 Å². The molecule has 28 heavy (non-hydrogen) atoms. The largest absolute Gasteiger partial charge is 0.490 e. The lowest BCUT2D eigenvalue weighted by molar-refractivity contribution is -0.132. The molecule has 1 aromatic carbocycles. The summed E-state index contributed by atoms with van der Waals surface area (Å²) in [6.45, 7) is 2.26. The number of fused-ring (bicyclic) bond motifs is 2. The number of ether oxygens (including phenoxy) is 3. The van der Waals surface area contributed by atoms with Gasteiger partial charge in [0, 0.05) is 25.4 Å². The third kappa shape index (κ3) is 5.70. The fourth-order valence-electron chi connectivity index (χ4n) is 3.18. The first-order chi connectivity index (χ1) is 13.8. The standard InChI is InChI=1S/C22H28N2O4/c1-26-16-12-21(25)24-14-6-2-3-7-15-27-19-10-4-5-11-20(19)28-22-18(17-24)9-8-13-23-22/h4-5,8-11,13H,2-3,6-7,12,14-17H2,1H3. The average molecular weight is 384 g/mol. The topological polar surface area (TPSA) is 60.9 Å². The third-order valence-electron chi connectivity index (χ3n) is 4.72. The molecule has 0 atom stereocenters. The van der Waals surface area contributed by atoms with Crippen LogP contribution in [0.4, 0.5) is 0 Å². The number of carbonyl (C=O) groups excluding carboxylic acids is 1. The van der Waals surface area contributed by atoms with Crippen LogP contribution in [0.2, 0.25) is 0 Å². The number of methoxy groups -OCH3 is 1. The highest BCUT2D eigenvalue weighted by Gasteiger charge is 2.18. The van der Waals surface area contributed by atoms with E-state index in [0.29, 0.717) is 50.1 Å². The van der Waals surface area contributed by atoms with E-state index < -0.39 is 0 Å². The summed E-state index contributed by atoms with van der Waals surface area (Å²) in [6, 6.07) is 11.4. The molecular weight excluding hydrogens is 356 g/mol. The highest BCUT2D eigenvalue weighted by atomic mass is 16.5. The van der Waals surface area contributed by atoms with Crippen molar-refractivity contribution in [2.24, 2.45) is 0 Å². The second-order valence-electron chi connectivity index (χ2n) is 6.84. The summed E-state index contributed by atoms with van der Waals surface area (Å²) in [5, 5.41) is 0. The van der Waals surface area contributed by atoms with Crippen LogP contribution in [0, 0.1) is 0 Å². The second kappa shape index (κ2) is 10.7. The van der Waals surface area contributed by atoms with Gasteiger partial charge in [-0.05, 0) is 31.0 Å². The number of benzene rings is 1. The smallest absolute Gasteiger partial charge is 0.225 e. The summed E-state index contributed by atoms with van der Waals surface area (Å²) in [7, 11) is 1.61. The summed E-state index contributed by atoms with van der Waals surface area (Å²) in [4.78, 5) is 19.0. The van der Waals surface area contributed by atoms with Crippen LogP contribution in [0.3, 0.4) is 0 Å². The molecule has 0 radical (unpaired) electrons. The molecule has 6 nitrogen and oxygen atoms in total. The monoisotopic (exact) mass is 384 g/mol. The van der Waals surface area contributed by atoms with E-state index in [0.717, 1.165) is 31.2 Å². The van der Waals surface area contributed by atoms with E-state index in [1.807, 2.05) is 41.3 Å². The lowest BCUT2D eigenvalue weighted by Gasteiger charge is -2.24. The summed E-state index contributed by atoms with van der Waals surface area (Å²) < 4.78 is 17.1. The Morgan fingerprint density at radius 3 is 2.79 bits per heavy atom. The molecule has 0 saturated carbocycles. The summed E-state index contributed by atoms with van der Waals surface area (Å²) in [5.41, 5.74) is 0.875. The minimum atomic E-state index is 0.0903. The Labute approximate surface area is 166 Å². The van der Waals surface area contributed by atoms with Crippen LogP contribution in [-0.4, -0.2) is 42.7 Å². The third-order valence-corrected chi connectivity index (χ3v) is 4.72. The first-order valence-electron chi connectivity index (χ1n) is 9.88. The molecule has 1 aliphatic heterocycles.